The lowest BCUT2D eigenvalue weighted by Crippen LogP contribution is -2.47. The molecule has 0 amide bonds. The van der Waals surface area contributed by atoms with E-state index in [1.54, 1.807) is 12.1 Å². The SMILES string of the molecule is CCN1CCN(CCOc2cccc(F)c2)CC1. The molecule has 1 heterocycles. The van der Waals surface area contributed by atoms with Gasteiger partial charge in [0.15, 0.2) is 0 Å². The number of hydrogen-bond acceptors (Lipinski definition) is 3. The fraction of sp³-hybridized carbons (Fsp3) is 0.571. The van der Waals surface area contributed by atoms with Crippen molar-refractivity contribution < 1.29 is 9.13 Å². The number of benzene rings is 1. The number of rotatable bonds is 5. The van der Waals surface area contributed by atoms with Crippen LogP contribution in [0.15, 0.2) is 24.3 Å². The van der Waals surface area contributed by atoms with E-state index in [0.717, 1.165) is 39.3 Å². The molecular weight excluding hydrogens is 231 g/mol. The summed E-state index contributed by atoms with van der Waals surface area (Å²) in [5.41, 5.74) is 0. The second-order valence-corrected chi connectivity index (χ2v) is 4.58. The molecule has 0 aliphatic carbocycles. The number of halogens is 1. The number of ether oxygens (including phenoxy) is 1. The van der Waals surface area contributed by atoms with Crippen molar-refractivity contribution in [3.05, 3.63) is 30.1 Å². The fourth-order valence-corrected chi connectivity index (χ4v) is 2.18. The Morgan fingerprint density at radius 2 is 1.89 bits per heavy atom. The van der Waals surface area contributed by atoms with Gasteiger partial charge in [0.25, 0.3) is 0 Å². The van der Waals surface area contributed by atoms with E-state index in [4.69, 9.17) is 4.74 Å². The first kappa shape index (κ1) is 13.3. The Morgan fingerprint density at radius 3 is 2.56 bits per heavy atom. The lowest BCUT2D eigenvalue weighted by atomic mass is 10.3. The highest BCUT2D eigenvalue weighted by molar-refractivity contribution is 5.22. The number of likely N-dealkylation sites (N-methyl/N-ethyl adjacent to an activating group) is 1. The summed E-state index contributed by atoms with van der Waals surface area (Å²) in [7, 11) is 0. The van der Waals surface area contributed by atoms with Crippen LogP contribution in [0.4, 0.5) is 4.39 Å². The van der Waals surface area contributed by atoms with Gasteiger partial charge in [0, 0.05) is 38.8 Å². The van der Waals surface area contributed by atoms with Gasteiger partial charge in [-0.1, -0.05) is 13.0 Å². The predicted molar refractivity (Wildman–Crippen MR) is 70.4 cm³/mol. The van der Waals surface area contributed by atoms with Crippen molar-refractivity contribution in [2.75, 3.05) is 45.9 Å². The molecule has 100 valence electrons. The van der Waals surface area contributed by atoms with Crippen molar-refractivity contribution in [1.82, 2.24) is 9.80 Å². The van der Waals surface area contributed by atoms with Crippen molar-refractivity contribution in [1.29, 1.82) is 0 Å². The number of nitrogens with zero attached hydrogens (tertiary/aromatic N) is 2. The summed E-state index contributed by atoms with van der Waals surface area (Å²) < 4.78 is 18.5. The van der Waals surface area contributed by atoms with Gasteiger partial charge in [-0.05, 0) is 18.7 Å². The average molecular weight is 252 g/mol. The molecule has 18 heavy (non-hydrogen) atoms. The van der Waals surface area contributed by atoms with Crippen LogP contribution >= 0.6 is 0 Å². The first-order valence-corrected chi connectivity index (χ1v) is 6.61. The van der Waals surface area contributed by atoms with Gasteiger partial charge < -0.3 is 9.64 Å². The van der Waals surface area contributed by atoms with Gasteiger partial charge in [-0.2, -0.15) is 0 Å². The van der Waals surface area contributed by atoms with E-state index < -0.39 is 0 Å². The van der Waals surface area contributed by atoms with Crippen LogP contribution in [-0.2, 0) is 0 Å². The zero-order valence-corrected chi connectivity index (χ0v) is 10.9. The van der Waals surface area contributed by atoms with Crippen molar-refractivity contribution in [3.8, 4) is 5.75 Å². The molecule has 3 nitrogen and oxygen atoms in total. The van der Waals surface area contributed by atoms with Crippen molar-refractivity contribution in [3.63, 3.8) is 0 Å². The van der Waals surface area contributed by atoms with E-state index in [1.165, 1.54) is 12.1 Å². The molecule has 4 heteroatoms. The Labute approximate surface area is 108 Å². The molecule has 0 radical (unpaired) electrons. The standard InChI is InChI=1S/C14H21FN2O/c1-2-16-6-8-17(9-7-16)10-11-18-14-5-3-4-13(15)12-14/h3-5,12H,2,6-11H2,1H3. The third kappa shape index (κ3) is 3.96. The van der Waals surface area contributed by atoms with Gasteiger partial charge in [-0.25, -0.2) is 4.39 Å². The third-order valence-electron chi connectivity index (χ3n) is 3.38. The maximum Gasteiger partial charge on any atom is 0.126 e. The van der Waals surface area contributed by atoms with Crippen LogP contribution in [0.1, 0.15) is 6.92 Å². The largest absolute Gasteiger partial charge is 0.492 e. The van der Waals surface area contributed by atoms with Gasteiger partial charge in [-0.3, -0.25) is 4.90 Å². The average Bonchev–Trinajstić information content (AvgIpc) is 2.40. The Balaban J connectivity index is 1.67. The van der Waals surface area contributed by atoms with Crippen LogP contribution in [0.25, 0.3) is 0 Å². The Kier molecular flexibility index (Phi) is 4.96. The monoisotopic (exact) mass is 252 g/mol. The highest BCUT2D eigenvalue weighted by atomic mass is 19.1. The van der Waals surface area contributed by atoms with Crippen LogP contribution in [-0.4, -0.2) is 55.7 Å². The Morgan fingerprint density at radius 1 is 1.17 bits per heavy atom. The summed E-state index contributed by atoms with van der Waals surface area (Å²) >= 11 is 0. The van der Waals surface area contributed by atoms with E-state index >= 15 is 0 Å². The molecule has 1 aromatic rings. The van der Waals surface area contributed by atoms with Gasteiger partial charge in [0.1, 0.15) is 18.2 Å². The molecule has 0 unspecified atom stereocenters. The normalized spacial score (nSPS) is 17.9. The molecule has 0 atom stereocenters. The number of hydrogen-bond donors (Lipinski definition) is 0. The summed E-state index contributed by atoms with van der Waals surface area (Å²) in [5.74, 6) is 0.367. The van der Waals surface area contributed by atoms with Crippen LogP contribution in [0.5, 0.6) is 5.75 Å². The molecular formula is C14H21FN2O. The highest BCUT2D eigenvalue weighted by Gasteiger charge is 2.14. The molecule has 0 spiro atoms. The zero-order valence-electron chi connectivity index (χ0n) is 10.9. The molecule has 1 aliphatic heterocycles. The van der Waals surface area contributed by atoms with Crippen LogP contribution in [0.3, 0.4) is 0 Å². The summed E-state index contributed by atoms with van der Waals surface area (Å²) in [6.45, 7) is 9.33. The first-order valence-electron chi connectivity index (χ1n) is 6.61. The smallest absolute Gasteiger partial charge is 0.126 e. The van der Waals surface area contributed by atoms with Crippen LogP contribution in [0.2, 0.25) is 0 Å². The summed E-state index contributed by atoms with van der Waals surface area (Å²) in [6, 6.07) is 6.31. The molecule has 0 bridgehead atoms. The van der Waals surface area contributed by atoms with Crippen LogP contribution in [0, 0.1) is 5.82 Å². The summed E-state index contributed by atoms with van der Waals surface area (Å²) in [5, 5.41) is 0. The minimum Gasteiger partial charge on any atom is -0.492 e. The zero-order chi connectivity index (χ0) is 12.8. The summed E-state index contributed by atoms with van der Waals surface area (Å²) in [6.07, 6.45) is 0. The molecule has 2 rings (SSSR count). The fourth-order valence-electron chi connectivity index (χ4n) is 2.18. The van der Waals surface area contributed by atoms with E-state index in [1.807, 2.05) is 0 Å². The Hall–Kier alpha value is -1.13. The van der Waals surface area contributed by atoms with Gasteiger partial charge in [-0.15, -0.1) is 0 Å². The second-order valence-electron chi connectivity index (χ2n) is 4.58. The minimum atomic E-state index is -0.246. The van der Waals surface area contributed by atoms with Gasteiger partial charge >= 0.3 is 0 Å². The second kappa shape index (κ2) is 6.71. The van der Waals surface area contributed by atoms with Gasteiger partial charge in [0.05, 0.1) is 0 Å². The summed E-state index contributed by atoms with van der Waals surface area (Å²) in [4.78, 5) is 4.84. The molecule has 1 saturated heterocycles. The molecule has 1 aliphatic rings. The van der Waals surface area contributed by atoms with E-state index in [-0.39, 0.29) is 5.82 Å². The molecule has 0 N–H and O–H groups in total. The maximum absolute atomic E-state index is 12.9. The highest BCUT2D eigenvalue weighted by Crippen LogP contribution is 2.11. The quantitative estimate of drug-likeness (QED) is 0.795. The van der Waals surface area contributed by atoms with E-state index in [0.29, 0.717) is 12.4 Å². The lowest BCUT2D eigenvalue weighted by Gasteiger charge is -2.33. The molecule has 0 saturated carbocycles. The molecule has 1 aromatic carbocycles. The first-order chi connectivity index (χ1) is 8.78. The maximum atomic E-state index is 12.9. The lowest BCUT2D eigenvalue weighted by molar-refractivity contribution is 0.121. The van der Waals surface area contributed by atoms with Crippen LogP contribution < -0.4 is 4.74 Å². The number of piperazine rings is 1. The predicted octanol–water partition coefficient (Wildman–Crippen LogP) is 1.84. The molecule has 0 aromatic heterocycles. The van der Waals surface area contributed by atoms with E-state index in [9.17, 15) is 4.39 Å². The van der Waals surface area contributed by atoms with Crippen molar-refractivity contribution >= 4 is 0 Å². The minimum absolute atomic E-state index is 0.246. The van der Waals surface area contributed by atoms with Gasteiger partial charge in [0.2, 0.25) is 0 Å². The van der Waals surface area contributed by atoms with Crippen molar-refractivity contribution in [2.45, 2.75) is 6.92 Å². The third-order valence-corrected chi connectivity index (χ3v) is 3.38. The van der Waals surface area contributed by atoms with E-state index in [2.05, 4.69) is 16.7 Å². The van der Waals surface area contributed by atoms with Crippen molar-refractivity contribution in [2.24, 2.45) is 0 Å². The Bertz CT molecular complexity index is 365. The topological polar surface area (TPSA) is 15.7 Å². The molecule has 1 fully saturated rings.